The number of aromatic nitrogens is 2. The van der Waals surface area contributed by atoms with Gasteiger partial charge in [-0.05, 0) is 25.0 Å². The Morgan fingerprint density at radius 3 is 2.72 bits per heavy atom. The molecule has 0 aliphatic carbocycles. The molecule has 9 heteroatoms. The number of halogens is 3. The molecule has 2 N–H and O–H groups in total. The van der Waals surface area contributed by atoms with E-state index in [2.05, 4.69) is 20.6 Å². The summed E-state index contributed by atoms with van der Waals surface area (Å²) in [6, 6.07) is 1.83. The fourth-order valence-corrected chi connectivity index (χ4v) is 2.37. The van der Waals surface area contributed by atoms with Gasteiger partial charge in [-0.3, -0.25) is 4.79 Å². The van der Waals surface area contributed by atoms with Crippen molar-refractivity contribution >= 4 is 17.4 Å². The van der Waals surface area contributed by atoms with Gasteiger partial charge in [-0.1, -0.05) is 0 Å². The molecule has 6 nitrogen and oxygen atoms in total. The van der Waals surface area contributed by atoms with Crippen molar-refractivity contribution < 1.29 is 22.7 Å². The van der Waals surface area contributed by atoms with Crippen LogP contribution in [0.25, 0.3) is 0 Å². The highest BCUT2D eigenvalue weighted by molar-refractivity contribution is 5.92. The number of hydrogen-bond donors (Lipinski definition) is 2. The molecular weight excluding hydrogens is 337 g/mol. The van der Waals surface area contributed by atoms with E-state index in [1.807, 2.05) is 0 Å². The lowest BCUT2D eigenvalue weighted by atomic mass is 10.2. The quantitative estimate of drug-likeness (QED) is 0.809. The molecule has 0 bridgehead atoms. The standard InChI is InChI=1S/C16H15F3N4O2/c17-10-3-4-11(15(19)14(10)18)23-13-8-20-12(7-21-13)16(24)22-6-9-2-1-5-25-9/h3-4,7-9H,1-2,5-6H2,(H,21,23)(H,22,24). The molecule has 1 amide bonds. The van der Waals surface area contributed by atoms with Crippen molar-refractivity contribution in [3.05, 3.63) is 47.7 Å². The lowest BCUT2D eigenvalue weighted by Gasteiger charge is -2.11. The summed E-state index contributed by atoms with van der Waals surface area (Å²) in [7, 11) is 0. The third kappa shape index (κ3) is 4.05. The van der Waals surface area contributed by atoms with Gasteiger partial charge in [0.15, 0.2) is 17.5 Å². The third-order valence-electron chi connectivity index (χ3n) is 3.70. The topological polar surface area (TPSA) is 76.1 Å². The molecule has 3 rings (SSSR count). The smallest absolute Gasteiger partial charge is 0.271 e. The maximum Gasteiger partial charge on any atom is 0.271 e. The van der Waals surface area contributed by atoms with Crippen LogP contribution in [0.1, 0.15) is 23.3 Å². The second-order valence-electron chi connectivity index (χ2n) is 5.48. The van der Waals surface area contributed by atoms with Crippen molar-refractivity contribution in [1.29, 1.82) is 0 Å². The molecule has 1 aromatic carbocycles. The zero-order valence-corrected chi connectivity index (χ0v) is 13.1. The highest BCUT2D eigenvalue weighted by Gasteiger charge is 2.18. The maximum absolute atomic E-state index is 13.6. The molecule has 25 heavy (non-hydrogen) atoms. The number of rotatable bonds is 5. The minimum atomic E-state index is -1.58. The largest absolute Gasteiger partial charge is 0.376 e. The number of amides is 1. The van der Waals surface area contributed by atoms with Crippen molar-refractivity contribution in [2.45, 2.75) is 18.9 Å². The number of benzene rings is 1. The minimum Gasteiger partial charge on any atom is -0.376 e. The number of nitrogens with zero attached hydrogens (tertiary/aromatic N) is 2. The lowest BCUT2D eigenvalue weighted by molar-refractivity contribution is 0.0853. The highest BCUT2D eigenvalue weighted by Crippen LogP contribution is 2.22. The molecule has 1 aromatic heterocycles. The molecule has 2 heterocycles. The summed E-state index contributed by atoms with van der Waals surface area (Å²) in [6.45, 7) is 1.09. The van der Waals surface area contributed by atoms with Crippen LogP contribution in [-0.4, -0.2) is 35.1 Å². The van der Waals surface area contributed by atoms with Crippen LogP contribution >= 0.6 is 0 Å². The van der Waals surface area contributed by atoms with Gasteiger partial charge >= 0.3 is 0 Å². The Hall–Kier alpha value is -2.68. The van der Waals surface area contributed by atoms with Gasteiger partial charge in [0, 0.05) is 13.2 Å². The number of ether oxygens (including phenoxy) is 1. The van der Waals surface area contributed by atoms with Gasteiger partial charge in [-0.15, -0.1) is 0 Å². The first-order valence-electron chi connectivity index (χ1n) is 7.67. The van der Waals surface area contributed by atoms with Crippen LogP contribution in [0.15, 0.2) is 24.5 Å². The van der Waals surface area contributed by atoms with Gasteiger partial charge in [-0.25, -0.2) is 23.1 Å². The van der Waals surface area contributed by atoms with E-state index in [9.17, 15) is 18.0 Å². The van der Waals surface area contributed by atoms with Crippen molar-refractivity contribution in [3.63, 3.8) is 0 Å². The SMILES string of the molecule is O=C(NCC1CCCO1)c1cnc(Nc2ccc(F)c(F)c2F)cn1. The second-order valence-corrected chi connectivity index (χ2v) is 5.48. The molecule has 2 aromatic rings. The van der Waals surface area contributed by atoms with Crippen LogP contribution in [0, 0.1) is 17.5 Å². The monoisotopic (exact) mass is 352 g/mol. The maximum atomic E-state index is 13.6. The summed E-state index contributed by atoms with van der Waals surface area (Å²) in [5.74, 6) is -4.55. The van der Waals surface area contributed by atoms with Gasteiger partial charge in [0.25, 0.3) is 5.91 Å². The van der Waals surface area contributed by atoms with E-state index < -0.39 is 23.4 Å². The predicted octanol–water partition coefficient (Wildman–Crippen LogP) is 2.55. The van der Waals surface area contributed by atoms with Gasteiger partial charge in [0.1, 0.15) is 11.5 Å². The number of carbonyl (C=O) groups excluding carboxylic acids is 1. The van der Waals surface area contributed by atoms with E-state index in [4.69, 9.17) is 4.74 Å². The Labute approximate surface area is 141 Å². The van der Waals surface area contributed by atoms with Gasteiger partial charge in [-0.2, -0.15) is 0 Å². The Kier molecular flexibility index (Phi) is 5.13. The summed E-state index contributed by atoms with van der Waals surface area (Å²) < 4.78 is 45.1. The summed E-state index contributed by atoms with van der Waals surface area (Å²) in [4.78, 5) is 19.8. The van der Waals surface area contributed by atoms with Crippen LogP contribution in [-0.2, 0) is 4.74 Å². The fraction of sp³-hybridized carbons (Fsp3) is 0.312. The first kappa shape index (κ1) is 17.2. The Morgan fingerprint density at radius 2 is 2.04 bits per heavy atom. The van der Waals surface area contributed by atoms with Crippen LogP contribution in [0.4, 0.5) is 24.7 Å². The average molecular weight is 352 g/mol. The minimum absolute atomic E-state index is 0.00852. The van der Waals surface area contributed by atoms with E-state index in [-0.39, 0.29) is 23.3 Å². The summed E-state index contributed by atoms with van der Waals surface area (Å²) in [5, 5.41) is 5.17. The fourth-order valence-electron chi connectivity index (χ4n) is 2.37. The van der Waals surface area contributed by atoms with E-state index >= 15 is 0 Å². The molecule has 1 saturated heterocycles. The molecule has 1 atom stereocenters. The molecule has 1 fully saturated rings. The van der Waals surface area contributed by atoms with Gasteiger partial charge < -0.3 is 15.4 Å². The average Bonchev–Trinajstić information content (AvgIpc) is 3.14. The number of nitrogens with one attached hydrogen (secondary N) is 2. The van der Waals surface area contributed by atoms with Crippen LogP contribution in [0.5, 0.6) is 0 Å². The molecule has 0 spiro atoms. The Morgan fingerprint density at radius 1 is 1.20 bits per heavy atom. The summed E-state index contributed by atoms with van der Waals surface area (Å²) in [6.07, 6.45) is 4.27. The summed E-state index contributed by atoms with van der Waals surface area (Å²) in [5.41, 5.74) is -0.210. The molecule has 1 aliphatic heterocycles. The zero-order valence-electron chi connectivity index (χ0n) is 13.1. The number of hydrogen-bond acceptors (Lipinski definition) is 5. The lowest BCUT2D eigenvalue weighted by Crippen LogP contribution is -2.32. The van der Waals surface area contributed by atoms with Crippen molar-refractivity contribution in [1.82, 2.24) is 15.3 Å². The molecule has 1 unspecified atom stereocenters. The van der Waals surface area contributed by atoms with Crippen molar-refractivity contribution in [2.24, 2.45) is 0 Å². The van der Waals surface area contributed by atoms with E-state index in [1.165, 1.54) is 12.4 Å². The highest BCUT2D eigenvalue weighted by atomic mass is 19.2. The van der Waals surface area contributed by atoms with Crippen molar-refractivity contribution in [2.75, 3.05) is 18.5 Å². The second kappa shape index (κ2) is 7.47. The molecule has 0 saturated carbocycles. The Bertz CT molecular complexity index is 765. The summed E-state index contributed by atoms with van der Waals surface area (Å²) >= 11 is 0. The third-order valence-corrected chi connectivity index (χ3v) is 3.70. The predicted molar refractivity (Wildman–Crippen MR) is 82.9 cm³/mol. The molecule has 1 aliphatic rings. The molecule has 132 valence electrons. The normalized spacial score (nSPS) is 16.7. The zero-order chi connectivity index (χ0) is 17.8. The van der Waals surface area contributed by atoms with Gasteiger partial charge in [0.2, 0.25) is 0 Å². The van der Waals surface area contributed by atoms with E-state index in [1.54, 1.807) is 0 Å². The van der Waals surface area contributed by atoms with Crippen LogP contribution in [0.3, 0.4) is 0 Å². The first-order valence-corrected chi connectivity index (χ1v) is 7.67. The number of anilines is 2. The van der Waals surface area contributed by atoms with Crippen LogP contribution in [0.2, 0.25) is 0 Å². The van der Waals surface area contributed by atoms with E-state index in [0.29, 0.717) is 13.2 Å². The van der Waals surface area contributed by atoms with Crippen LogP contribution < -0.4 is 10.6 Å². The molecular formula is C16H15F3N4O2. The Balaban J connectivity index is 1.62. The number of carbonyl (C=O) groups is 1. The van der Waals surface area contributed by atoms with Gasteiger partial charge in [0.05, 0.1) is 24.2 Å². The van der Waals surface area contributed by atoms with E-state index in [0.717, 1.165) is 25.0 Å². The first-order chi connectivity index (χ1) is 12.0. The van der Waals surface area contributed by atoms with Crippen molar-refractivity contribution in [3.8, 4) is 0 Å². The molecule has 0 radical (unpaired) electrons.